The van der Waals surface area contributed by atoms with Crippen molar-refractivity contribution in [3.05, 3.63) is 25.3 Å². The first-order chi connectivity index (χ1) is 5.68. The van der Waals surface area contributed by atoms with Crippen molar-refractivity contribution in [2.45, 2.75) is 44.4 Å². The third-order valence-corrected chi connectivity index (χ3v) is 6.52. The van der Waals surface area contributed by atoms with Crippen LogP contribution in [0, 0.1) is 0 Å². The molecule has 0 saturated carbocycles. The highest BCUT2D eigenvalue weighted by Crippen LogP contribution is 2.23. The summed E-state index contributed by atoms with van der Waals surface area (Å²) >= 11 is 0. The van der Waals surface area contributed by atoms with Gasteiger partial charge in [-0.3, -0.25) is 0 Å². The molecule has 0 rings (SSSR count). The average molecular weight is 182 g/mol. The Morgan fingerprint density at radius 2 is 1.67 bits per heavy atom. The lowest BCUT2D eigenvalue weighted by molar-refractivity contribution is 0.863. The van der Waals surface area contributed by atoms with Gasteiger partial charge in [0.1, 0.15) is 0 Å². The maximum Gasteiger partial charge on any atom is 0.0579 e. The van der Waals surface area contributed by atoms with E-state index < -0.39 is 8.07 Å². The van der Waals surface area contributed by atoms with E-state index in [-0.39, 0.29) is 0 Å². The monoisotopic (exact) mass is 182 g/mol. The van der Waals surface area contributed by atoms with Crippen molar-refractivity contribution in [2.75, 3.05) is 0 Å². The Hall–Kier alpha value is -0.303. The van der Waals surface area contributed by atoms with Crippen LogP contribution in [0.2, 0.25) is 24.7 Å². The predicted octanol–water partition coefficient (Wildman–Crippen LogP) is 4.24. The van der Waals surface area contributed by atoms with E-state index in [2.05, 4.69) is 38.8 Å². The van der Waals surface area contributed by atoms with Crippen molar-refractivity contribution in [1.29, 1.82) is 0 Å². The van der Waals surface area contributed by atoms with Crippen molar-refractivity contribution >= 4 is 8.07 Å². The Morgan fingerprint density at radius 1 is 1.17 bits per heavy atom. The third-order valence-electron chi connectivity index (χ3n) is 2.41. The van der Waals surface area contributed by atoms with Crippen LogP contribution >= 0.6 is 0 Å². The molecule has 12 heavy (non-hydrogen) atoms. The van der Waals surface area contributed by atoms with Crippen LogP contribution in [0.25, 0.3) is 0 Å². The van der Waals surface area contributed by atoms with Crippen LogP contribution in [0.1, 0.15) is 19.8 Å². The highest BCUT2D eigenvalue weighted by atomic mass is 28.3. The molecule has 0 bridgehead atoms. The van der Waals surface area contributed by atoms with Crippen LogP contribution in [0.4, 0.5) is 0 Å². The Balaban J connectivity index is 3.96. The molecule has 70 valence electrons. The first-order valence-corrected chi connectivity index (χ1v) is 8.02. The van der Waals surface area contributed by atoms with Gasteiger partial charge in [-0.25, -0.2) is 0 Å². The smallest absolute Gasteiger partial charge is 0.0579 e. The highest BCUT2D eigenvalue weighted by molar-refractivity contribution is 6.79. The molecule has 0 aromatic heterocycles. The van der Waals surface area contributed by atoms with Crippen LogP contribution in [-0.4, -0.2) is 8.07 Å². The molecule has 0 fully saturated rings. The molecule has 0 N–H and O–H groups in total. The summed E-state index contributed by atoms with van der Waals surface area (Å²) in [5, 5.41) is 0. The normalized spacial score (nSPS) is 11.2. The van der Waals surface area contributed by atoms with E-state index in [1.165, 1.54) is 31.0 Å². The first-order valence-electron chi connectivity index (χ1n) is 4.90. The van der Waals surface area contributed by atoms with Gasteiger partial charge < -0.3 is 0 Å². The number of unbranched alkanes of at least 4 members (excludes halogenated alkanes) is 1. The second kappa shape index (κ2) is 6.24. The molecule has 0 aromatic carbocycles. The van der Waals surface area contributed by atoms with Crippen LogP contribution in [0.5, 0.6) is 0 Å². The molecule has 0 unspecified atom stereocenters. The van der Waals surface area contributed by atoms with Crippen molar-refractivity contribution < 1.29 is 0 Å². The molecule has 0 amide bonds. The number of rotatable bonds is 7. The molecule has 0 heterocycles. The fourth-order valence-corrected chi connectivity index (χ4v) is 4.76. The van der Waals surface area contributed by atoms with Crippen molar-refractivity contribution in [1.82, 2.24) is 0 Å². The zero-order valence-electron chi connectivity index (χ0n) is 8.60. The Kier molecular flexibility index (Phi) is 6.08. The van der Waals surface area contributed by atoms with Gasteiger partial charge in [0.05, 0.1) is 8.07 Å². The summed E-state index contributed by atoms with van der Waals surface area (Å²) < 4.78 is 0. The van der Waals surface area contributed by atoms with E-state index in [0.717, 1.165) is 0 Å². The molecule has 1 heteroatoms. The van der Waals surface area contributed by atoms with Crippen LogP contribution < -0.4 is 0 Å². The van der Waals surface area contributed by atoms with Crippen LogP contribution in [0.15, 0.2) is 25.3 Å². The fourth-order valence-electron chi connectivity index (χ4n) is 1.59. The summed E-state index contributed by atoms with van der Waals surface area (Å²) in [4.78, 5) is 0. The van der Waals surface area contributed by atoms with Gasteiger partial charge in [-0.15, -0.1) is 13.2 Å². The van der Waals surface area contributed by atoms with Gasteiger partial charge in [-0.05, 0) is 12.1 Å². The van der Waals surface area contributed by atoms with Crippen LogP contribution in [-0.2, 0) is 0 Å². The van der Waals surface area contributed by atoms with Crippen molar-refractivity contribution in [3.8, 4) is 0 Å². The molecule has 0 aliphatic rings. The largest absolute Gasteiger partial charge is 0.103 e. The minimum atomic E-state index is -1.01. The van der Waals surface area contributed by atoms with Gasteiger partial charge in [0, 0.05) is 0 Å². The quantitative estimate of drug-likeness (QED) is 0.408. The second-order valence-corrected chi connectivity index (χ2v) is 8.84. The van der Waals surface area contributed by atoms with Gasteiger partial charge in [0.15, 0.2) is 0 Å². The molecule has 0 nitrogen and oxygen atoms in total. The van der Waals surface area contributed by atoms with Gasteiger partial charge in [-0.1, -0.05) is 44.5 Å². The van der Waals surface area contributed by atoms with E-state index in [1.807, 2.05) is 0 Å². The third kappa shape index (κ3) is 4.55. The van der Waals surface area contributed by atoms with E-state index >= 15 is 0 Å². The standard InChI is InChI=1S/C11H22Si/c1-5-8-11-12(4,9-6-2)10-7-3/h6-7H,2-3,5,8-11H2,1,4H3. The maximum absolute atomic E-state index is 3.84. The van der Waals surface area contributed by atoms with Gasteiger partial charge in [-0.2, -0.15) is 0 Å². The summed E-state index contributed by atoms with van der Waals surface area (Å²) in [6.45, 7) is 12.4. The lowest BCUT2D eigenvalue weighted by Gasteiger charge is -2.24. The first kappa shape index (κ1) is 11.7. The summed E-state index contributed by atoms with van der Waals surface area (Å²) in [6, 6.07) is 3.93. The lowest BCUT2D eigenvalue weighted by atomic mass is 10.4. The predicted molar refractivity (Wildman–Crippen MR) is 61.3 cm³/mol. The summed E-state index contributed by atoms with van der Waals surface area (Å²) in [6.07, 6.45) is 6.87. The Morgan fingerprint density at radius 3 is 2.00 bits per heavy atom. The zero-order valence-corrected chi connectivity index (χ0v) is 9.60. The molecule has 0 aliphatic heterocycles. The topological polar surface area (TPSA) is 0 Å². The SMILES string of the molecule is C=CC[Si](C)(CC=C)CCCC. The van der Waals surface area contributed by atoms with Gasteiger partial charge in [0.25, 0.3) is 0 Å². The highest BCUT2D eigenvalue weighted by Gasteiger charge is 2.22. The molecule has 0 radical (unpaired) electrons. The number of hydrogen-bond acceptors (Lipinski definition) is 0. The Bertz CT molecular complexity index is 128. The second-order valence-electron chi connectivity index (χ2n) is 3.90. The summed E-state index contributed by atoms with van der Waals surface area (Å²) in [7, 11) is -1.01. The number of allylic oxidation sites excluding steroid dienone is 2. The molecule has 0 atom stereocenters. The molecule has 0 aromatic rings. The molecular formula is C11H22Si. The van der Waals surface area contributed by atoms with E-state index in [9.17, 15) is 0 Å². The van der Waals surface area contributed by atoms with Crippen molar-refractivity contribution in [3.63, 3.8) is 0 Å². The summed E-state index contributed by atoms with van der Waals surface area (Å²) in [5.74, 6) is 0. The zero-order chi connectivity index (χ0) is 9.45. The maximum atomic E-state index is 3.84. The molecular weight excluding hydrogens is 160 g/mol. The fraction of sp³-hybridized carbons (Fsp3) is 0.636. The summed E-state index contributed by atoms with van der Waals surface area (Å²) in [5.41, 5.74) is 0. The van der Waals surface area contributed by atoms with E-state index in [0.29, 0.717) is 0 Å². The van der Waals surface area contributed by atoms with Crippen LogP contribution in [0.3, 0.4) is 0 Å². The molecule has 0 spiro atoms. The molecule has 0 saturated heterocycles. The minimum Gasteiger partial charge on any atom is -0.103 e. The van der Waals surface area contributed by atoms with Gasteiger partial charge in [0.2, 0.25) is 0 Å². The van der Waals surface area contributed by atoms with Gasteiger partial charge >= 0.3 is 0 Å². The minimum absolute atomic E-state index is 1.01. The number of hydrogen-bond donors (Lipinski definition) is 0. The Labute approximate surface area is 78.4 Å². The van der Waals surface area contributed by atoms with Crippen molar-refractivity contribution in [2.24, 2.45) is 0 Å². The lowest BCUT2D eigenvalue weighted by Crippen LogP contribution is -2.27. The average Bonchev–Trinajstić information content (AvgIpc) is 2.02. The van der Waals surface area contributed by atoms with E-state index in [1.54, 1.807) is 0 Å². The molecule has 0 aliphatic carbocycles. The van der Waals surface area contributed by atoms with E-state index in [4.69, 9.17) is 0 Å².